The molecule has 0 unspecified atom stereocenters. The van der Waals surface area contributed by atoms with Crippen LogP contribution in [-0.4, -0.2) is 13.2 Å². The Balaban J connectivity index is 2.65. The molecule has 0 amide bonds. The number of ether oxygens (including phenoxy) is 2. The number of hydrogen-bond donors (Lipinski definition) is 1. The number of rotatable bonds is 10. The topological polar surface area (TPSA) is 44.5 Å². The van der Waals surface area contributed by atoms with E-state index in [2.05, 4.69) is 27.7 Å². The van der Waals surface area contributed by atoms with Crippen molar-refractivity contribution in [2.75, 3.05) is 18.9 Å². The van der Waals surface area contributed by atoms with Crippen molar-refractivity contribution in [3.8, 4) is 11.5 Å². The van der Waals surface area contributed by atoms with Crippen molar-refractivity contribution in [1.82, 2.24) is 0 Å². The summed E-state index contributed by atoms with van der Waals surface area (Å²) in [7, 11) is 0. The van der Waals surface area contributed by atoms with E-state index in [1.165, 1.54) is 0 Å². The van der Waals surface area contributed by atoms with Gasteiger partial charge in [-0.3, -0.25) is 0 Å². The standard InChI is InChI=1S/C18H31NO2/c1-5-14(6-2)12-20-16-10-9-11-17(18(16)19)21-13-15(7-3)8-4/h9-11,14-15H,5-8,12-13,19H2,1-4H3. The second kappa shape index (κ2) is 9.54. The van der Waals surface area contributed by atoms with Gasteiger partial charge in [-0.25, -0.2) is 0 Å². The van der Waals surface area contributed by atoms with Gasteiger partial charge in [0, 0.05) is 0 Å². The molecule has 2 N–H and O–H groups in total. The quantitative estimate of drug-likeness (QED) is 0.624. The predicted molar refractivity (Wildman–Crippen MR) is 90.0 cm³/mol. The van der Waals surface area contributed by atoms with Gasteiger partial charge < -0.3 is 15.2 Å². The molecule has 0 saturated heterocycles. The van der Waals surface area contributed by atoms with Gasteiger partial charge in [0.25, 0.3) is 0 Å². The summed E-state index contributed by atoms with van der Waals surface area (Å²) in [6, 6.07) is 5.78. The van der Waals surface area contributed by atoms with E-state index < -0.39 is 0 Å². The SMILES string of the molecule is CCC(CC)COc1cccc(OCC(CC)CC)c1N. The van der Waals surface area contributed by atoms with Gasteiger partial charge in [0.1, 0.15) is 17.2 Å². The first-order valence-electron chi connectivity index (χ1n) is 8.30. The second-order valence-corrected chi connectivity index (χ2v) is 5.66. The fraction of sp³-hybridized carbons (Fsp3) is 0.667. The molecule has 0 saturated carbocycles. The molecule has 0 atom stereocenters. The number of nitrogens with two attached hydrogens (primary N) is 1. The third-order valence-electron chi connectivity index (χ3n) is 4.28. The Morgan fingerprint density at radius 1 is 0.810 bits per heavy atom. The number of anilines is 1. The van der Waals surface area contributed by atoms with E-state index in [-0.39, 0.29) is 0 Å². The van der Waals surface area contributed by atoms with Gasteiger partial charge in [-0.05, 0) is 24.0 Å². The highest BCUT2D eigenvalue weighted by Crippen LogP contribution is 2.32. The monoisotopic (exact) mass is 293 g/mol. The molecule has 1 aromatic carbocycles. The van der Waals surface area contributed by atoms with Crippen molar-refractivity contribution >= 4 is 5.69 Å². The van der Waals surface area contributed by atoms with Crippen LogP contribution in [-0.2, 0) is 0 Å². The largest absolute Gasteiger partial charge is 0.491 e. The van der Waals surface area contributed by atoms with Gasteiger partial charge in [0.2, 0.25) is 0 Å². The molecule has 120 valence electrons. The van der Waals surface area contributed by atoms with E-state index >= 15 is 0 Å². The van der Waals surface area contributed by atoms with Gasteiger partial charge >= 0.3 is 0 Å². The van der Waals surface area contributed by atoms with Crippen LogP contribution in [0.15, 0.2) is 18.2 Å². The van der Waals surface area contributed by atoms with Crippen LogP contribution in [0.1, 0.15) is 53.4 Å². The molecule has 0 fully saturated rings. The lowest BCUT2D eigenvalue weighted by Crippen LogP contribution is -2.13. The maximum Gasteiger partial charge on any atom is 0.146 e. The van der Waals surface area contributed by atoms with E-state index in [9.17, 15) is 0 Å². The molecule has 3 heteroatoms. The van der Waals surface area contributed by atoms with Gasteiger partial charge in [-0.1, -0.05) is 59.4 Å². The minimum Gasteiger partial charge on any atom is -0.491 e. The Morgan fingerprint density at radius 3 is 1.52 bits per heavy atom. The second-order valence-electron chi connectivity index (χ2n) is 5.66. The Hall–Kier alpha value is -1.38. The van der Waals surface area contributed by atoms with E-state index in [0.29, 0.717) is 30.7 Å². The van der Waals surface area contributed by atoms with E-state index in [1.54, 1.807) is 0 Å². The molecule has 1 rings (SSSR count). The summed E-state index contributed by atoms with van der Waals surface area (Å²) < 4.78 is 11.8. The molecule has 0 aliphatic heterocycles. The van der Waals surface area contributed by atoms with Crippen LogP contribution in [0.3, 0.4) is 0 Å². The average Bonchev–Trinajstić information content (AvgIpc) is 2.52. The molecular weight excluding hydrogens is 262 g/mol. The average molecular weight is 293 g/mol. The minimum absolute atomic E-state index is 0.582. The normalized spacial score (nSPS) is 11.1. The highest BCUT2D eigenvalue weighted by molar-refractivity contribution is 5.62. The number of benzene rings is 1. The van der Waals surface area contributed by atoms with Crippen molar-refractivity contribution in [2.24, 2.45) is 11.8 Å². The fourth-order valence-corrected chi connectivity index (χ4v) is 2.24. The summed E-state index contributed by atoms with van der Waals surface area (Å²) in [5.41, 5.74) is 6.79. The molecule has 0 aliphatic carbocycles. The zero-order chi connectivity index (χ0) is 15.7. The first-order chi connectivity index (χ1) is 10.2. The van der Waals surface area contributed by atoms with Crippen LogP contribution in [0.4, 0.5) is 5.69 Å². The Labute approximate surface area is 129 Å². The van der Waals surface area contributed by atoms with Crippen LogP contribution >= 0.6 is 0 Å². The third-order valence-corrected chi connectivity index (χ3v) is 4.28. The highest BCUT2D eigenvalue weighted by Gasteiger charge is 2.11. The molecule has 0 aliphatic rings. The number of nitrogen functional groups attached to an aromatic ring is 1. The molecule has 3 nitrogen and oxygen atoms in total. The number of hydrogen-bond acceptors (Lipinski definition) is 3. The minimum atomic E-state index is 0.582. The van der Waals surface area contributed by atoms with Crippen LogP contribution in [0, 0.1) is 11.8 Å². The van der Waals surface area contributed by atoms with Crippen molar-refractivity contribution in [3.05, 3.63) is 18.2 Å². The van der Waals surface area contributed by atoms with Crippen molar-refractivity contribution in [2.45, 2.75) is 53.4 Å². The molecule has 0 heterocycles. The lowest BCUT2D eigenvalue weighted by atomic mass is 10.1. The molecule has 0 radical (unpaired) electrons. The van der Waals surface area contributed by atoms with Crippen LogP contribution < -0.4 is 15.2 Å². The molecule has 1 aromatic rings. The molecule has 21 heavy (non-hydrogen) atoms. The summed E-state index contributed by atoms with van der Waals surface area (Å²) in [4.78, 5) is 0. The molecule has 0 spiro atoms. The summed E-state index contributed by atoms with van der Waals surface area (Å²) in [5.74, 6) is 2.64. The third kappa shape index (κ3) is 5.49. The zero-order valence-electron chi connectivity index (χ0n) is 14.0. The van der Waals surface area contributed by atoms with Crippen molar-refractivity contribution in [1.29, 1.82) is 0 Å². The lowest BCUT2D eigenvalue weighted by molar-refractivity contribution is 0.232. The van der Waals surface area contributed by atoms with Crippen LogP contribution in [0.25, 0.3) is 0 Å². The molecular formula is C18H31NO2. The van der Waals surface area contributed by atoms with Crippen LogP contribution in [0.5, 0.6) is 11.5 Å². The summed E-state index contributed by atoms with van der Waals surface area (Å²) in [6.45, 7) is 10.2. The van der Waals surface area contributed by atoms with Crippen molar-refractivity contribution < 1.29 is 9.47 Å². The van der Waals surface area contributed by atoms with Gasteiger partial charge in [0.15, 0.2) is 0 Å². The first kappa shape index (κ1) is 17.7. The smallest absolute Gasteiger partial charge is 0.146 e. The Bertz CT molecular complexity index is 364. The van der Waals surface area contributed by atoms with Gasteiger partial charge in [-0.2, -0.15) is 0 Å². The number of para-hydroxylation sites is 1. The highest BCUT2D eigenvalue weighted by atomic mass is 16.5. The maximum atomic E-state index is 6.17. The van der Waals surface area contributed by atoms with E-state index in [1.807, 2.05) is 18.2 Å². The molecule has 0 aromatic heterocycles. The Morgan fingerprint density at radius 2 is 1.19 bits per heavy atom. The fourth-order valence-electron chi connectivity index (χ4n) is 2.24. The maximum absolute atomic E-state index is 6.17. The lowest BCUT2D eigenvalue weighted by Gasteiger charge is -2.18. The van der Waals surface area contributed by atoms with E-state index in [0.717, 1.165) is 37.2 Å². The summed E-state index contributed by atoms with van der Waals surface area (Å²) >= 11 is 0. The van der Waals surface area contributed by atoms with Crippen molar-refractivity contribution in [3.63, 3.8) is 0 Å². The predicted octanol–water partition coefficient (Wildman–Crippen LogP) is 4.90. The first-order valence-corrected chi connectivity index (χ1v) is 8.30. The molecule has 0 bridgehead atoms. The summed E-state index contributed by atoms with van der Waals surface area (Å²) in [5, 5.41) is 0. The summed E-state index contributed by atoms with van der Waals surface area (Å²) in [6.07, 6.45) is 4.51. The van der Waals surface area contributed by atoms with Gasteiger partial charge in [0.05, 0.1) is 13.2 Å². The van der Waals surface area contributed by atoms with Crippen LogP contribution in [0.2, 0.25) is 0 Å². The van der Waals surface area contributed by atoms with E-state index in [4.69, 9.17) is 15.2 Å². The zero-order valence-corrected chi connectivity index (χ0v) is 14.0. The Kier molecular flexibility index (Phi) is 8.03. The van der Waals surface area contributed by atoms with Gasteiger partial charge in [-0.15, -0.1) is 0 Å².